The number of nitrogens with two attached hydrogens (primary N) is 1. The van der Waals surface area contributed by atoms with E-state index in [0.717, 1.165) is 40.7 Å². The third kappa shape index (κ3) is 8.54. The number of amides is 4. The lowest BCUT2D eigenvalue weighted by atomic mass is 9.95. The van der Waals surface area contributed by atoms with E-state index in [4.69, 9.17) is 24.7 Å². The molecule has 15 heteroatoms. The molecule has 4 atom stereocenters. The quantitative estimate of drug-likeness (QED) is 0.135. The van der Waals surface area contributed by atoms with Gasteiger partial charge in [-0.2, -0.15) is 0 Å². The number of hydrogen-bond donors (Lipinski definition) is 2. The fraction of sp³-hybridized carbons (Fsp3) is 0.347. The number of primary amides is 1. The number of fused-ring (bicyclic) bond motifs is 6. The molecular formula is C49H52N6O9. The molecule has 3 aromatic rings. The third-order valence-electron chi connectivity index (χ3n) is 12.4. The fourth-order valence-corrected chi connectivity index (χ4v) is 9.01. The van der Waals surface area contributed by atoms with Crippen LogP contribution in [0.25, 0.3) is 0 Å². The molecule has 4 amide bonds. The number of allylic oxidation sites excluding steroid dienone is 1. The van der Waals surface area contributed by atoms with Gasteiger partial charge in [-0.15, -0.1) is 0 Å². The van der Waals surface area contributed by atoms with Crippen molar-refractivity contribution in [3.63, 3.8) is 0 Å². The molecule has 6 aliphatic rings. The molecule has 2 saturated heterocycles. The first kappa shape index (κ1) is 43.6. The highest BCUT2D eigenvalue weighted by atomic mass is 16.5. The first-order valence-electron chi connectivity index (χ1n) is 21.3. The molecule has 0 spiro atoms. The number of ether oxygens (including phenoxy) is 4. The summed E-state index contributed by atoms with van der Waals surface area (Å²) in [5.74, 6) is 1.04. The minimum atomic E-state index is -0.529. The Morgan fingerprint density at radius 3 is 2.02 bits per heavy atom. The molecule has 0 aliphatic carbocycles. The lowest BCUT2D eigenvalue weighted by molar-refractivity contribution is -0.113. The van der Waals surface area contributed by atoms with Crippen LogP contribution < -0.4 is 19.9 Å². The first-order chi connectivity index (χ1) is 30.7. The van der Waals surface area contributed by atoms with Gasteiger partial charge < -0.3 is 44.5 Å². The second kappa shape index (κ2) is 18.0. The highest BCUT2D eigenvalue weighted by Gasteiger charge is 2.41. The molecule has 6 aliphatic heterocycles. The van der Waals surface area contributed by atoms with E-state index < -0.39 is 5.91 Å². The van der Waals surface area contributed by atoms with E-state index in [0.29, 0.717) is 96.4 Å². The van der Waals surface area contributed by atoms with Crippen LogP contribution in [0.15, 0.2) is 94.6 Å². The zero-order valence-corrected chi connectivity index (χ0v) is 36.5. The Balaban J connectivity index is 0.000000199. The minimum absolute atomic E-state index is 0.0224. The predicted molar refractivity (Wildman–Crippen MR) is 242 cm³/mol. The molecule has 0 bridgehead atoms. The van der Waals surface area contributed by atoms with Crippen LogP contribution in [-0.2, 0) is 16.0 Å². The van der Waals surface area contributed by atoms with Crippen LogP contribution in [0, 0.1) is 13.8 Å². The average Bonchev–Trinajstić information content (AvgIpc) is 3.94. The highest BCUT2D eigenvalue weighted by Crippen LogP contribution is 2.40. The minimum Gasteiger partial charge on any atom is -0.507 e. The molecule has 332 valence electrons. The maximum absolute atomic E-state index is 13.2. The van der Waals surface area contributed by atoms with Crippen molar-refractivity contribution in [2.45, 2.75) is 70.2 Å². The van der Waals surface area contributed by atoms with Gasteiger partial charge in [-0.05, 0) is 68.0 Å². The zero-order chi connectivity index (χ0) is 45.4. The van der Waals surface area contributed by atoms with Gasteiger partial charge >= 0.3 is 0 Å². The number of nitrogens with zero attached hydrogens (tertiary/aromatic N) is 5. The van der Waals surface area contributed by atoms with E-state index in [9.17, 15) is 24.3 Å². The molecule has 2 fully saturated rings. The van der Waals surface area contributed by atoms with Gasteiger partial charge in [0.15, 0.2) is 11.5 Å². The number of benzene rings is 3. The summed E-state index contributed by atoms with van der Waals surface area (Å²) in [6.45, 7) is 13.7. The molecule has 3 N–H and O–H groups in total. The zero-order valence-electron chi connectivity index (χ0n) is 36.5. The van der Waals surface area contributed by atoms with Crippen molar-refractivity contribution in [2.75, 3.05) is 40.5 Å². The Morgan fingerprint density at radius 2 is 1.41 bits per heavy atom. The van der Waals surface area contributed by atoms with Crippen LogP contribution in [0.3, 0.4) is 0 Å². The van der Waals surface area contributed by atoms with E-state index in [1.165, 1.54) is 6.08 Å². The largest absolute Gasteiger partial charge is 0.507 e. The van der Waals surface area contributed by atoms with Gasteiger partial charge in [-0.25, -0.2) is 0 Å². The van der Waals surface area contributed by atoms with Crippen molar-refractivity contribution in [3.8, 4) is 23.0 Å². The Labute approximate surface area is 371 Å². The Morgan fingerprint density at radius 1 is 0.797 bits per heavy atom. The molecular weight excluding hydrogens is 817 g/mol. The van der Waals surface area contributed by atoms with Crippen LogP contribution in [0.4, 0.5) is 11.4 Å². The summed E-state index contributed by atoms with van der Waals surface area (Å²) in [6, 6.07) is 10.3. The SMILES string of the molecule is C=C1C[C@H]2C=Nc3cc(OCCCOc4cc5c(cc4OC)C(=O)N4CC(=C)C[C@H]4C=N5)c(C)cc3C(=O)N2C1.CO[C@H]1Cc2c(ccc(C)c2O)C(=O)N2C=C(/C=C/C(N)=O)C[C@@H]12. The second-order valence-electron chi connectivity index (χ2n) is 16.8. The highest BCUT2D eigenvalue weighted by molar-refractivity contribution is 6.05. The number of aryl methyl sites for hydroxylation is 2. The first-order valence-corrected chi connectivity index (χ1v) is 21.3. The smallest absolute Gasteiger partial charge is 0.258 e. The van der Waals surface area contributed by atoms with Crippen molar-refractivity contribution < 1.29 is 43.2 Å². The molecule has 64 heavy (non-hydrogen) atoms. The molecule has 6 heterocycles. The molecule has 0 aromatic heterocycles. The second-order valence-corrected chi connectivity index (χ2v) is 16.8. The van der Waals surface area contributed by atoms with Gasteiger partial charge in [-0.1, -0.05) is 36.4 Å². The van der Waals surface area contributed by atoms with Gasteiger partial charge in [0.25, 0.3) is 17.7 Å². The topological polar surface area (TPSA) is 186 Å². The number of hydrogen-bond acceptors (Lipinski definition) is 11. The van der Waals surface area contributed by atoms with Crippen LogP contribution >= 0.6 is 0 Å². The summed E-state index contributed by atoms with van der Waals surface area (Å²) in [5, 5.41) is 10.4. The molecule has 0 unspecified atom stereocenters. The summed E-state index contributed by atoms with van der Waals surface area (Å²) >= 11 is 0. The summed E-state index contributed by atoms with van der Waals surface area (Å²) in [7, 11) is 3.15. The molecule has 0 radical (unpaired) electrons. The van der Waals surface area contributed by atoms with Gasteiger partial charge in [0.2, 0.25) is 5.91 Å². The lowest BCUT2D eigenvalue weighted by Crippen LogP contribution is -2.40. The standard InChI is InChI=1S/C31H32N4O5.C18H20N2O4/c1-18-8-21-14-32-25-12-27(20(3)10-23(25)30(36)34(21)16-18)39-6-5-7-40-29-13-26-24(11-28(29)38-4)31(37)35-17-19(2)9-22(35)15-33-26;1-10-3-5-12-13(17(10)22)8-15(24-2)14-7-11(4-6-16(19)21)9-20(14)18(12)23/h10-15,21-22H,1-2,5-9,16-17H2,3-4H3;3-6,9,14-15,22H,7-8H2,1-2H3,(H2,19,21)/b;6-4+/t21-,22-;14-,15-/m00/s1. The van der Waals surface area contributed by atoms with E-state index in [-0.39, 0.29) is 47.7 Å². The van der Waals surface area contributed by atoms with Crippen molar-refractivity contribution in [3.05, 3.63) is 118 Å². The van der Waals surface area contributed by atoms with Gasteiger partial charge in [0, 0.05) is 81.0 Å². The summed E-state index contributed by atoms with van der Waals surface area (Å²) in [5.41, 5.74) is 13.0. The fourth-order valence-electron chi connectivity index (χ4n) is 9.01. The number of phenols is 1. The van der Waals surface area contributed by atoms with Gasteiger partial charge in [0.05, 0.1) is 67.1 Å². The van der Waals surface area contributed by atoms with Crippen LogP contribution in [0.2, 0.25) is 0 Å². The summed E-state index contributed by atoms with van der Waals surface area (Å²) in [4.78, 5) is 64.5. The van der Waals surface area contributed by atoms with E-state index in [1.54, 1.807) is 67.5 Å². The molecule has 0 saturated carbocycles. The van der Waals surface area contributed by atoms with E-state index in [2.05, 4.69) is 23.1 Å². The summed E-state index contributed by atoms with van der Waals surface area (Å²) < 4.78 is 23.2. The van der Waals surface area contributed by atoms with Crippen LogP contribution in [0.5, 0.6) is 23.0 Å². The number of aliphatic imine (C=N–C) groups is 2. The predicted octanol–water partition coefficient (Wildman–Crippen LogP) is 6.24. The maximum atomic E-state index is 13.2. The van der Waals surface area contributed by atoms with Crippen molar-refractivity contribution in [1.29, 1.82) is 0 Å². The van der Waals surface area contributed by atoms with E-state index in [1.807, 2.05) is 36.4 Å². The van der Waals surface area contributed by atoms with Crippen molar-refractivity contribution in [2.24, 2.45) is 15.7 Å². The normalized spacial score (nSPS) is 21.8. The van der Waals surface area contributed by atoms with Gasteiger partial charge in [-0.3, -0.25) is 29.2 Å². The van der Waals surface area contributed by atoms with Crippen LogP contribution in [0.1, 0.15) is 73.4 Å². The average molecular weight is 869 g/mol. The molecule has 15 nitrogen and oxygen atoms in total. The monoisotopic (exact) mass is 868 g/mol. The Hall–Kier alpha value is -7.00. The van der Waals surface area contributed by atoms with Crippen molar-refractivity contribution in [1.82, 2.24) is 14.7 Å². The summed E-state index contributed by atoms with van der Waals surface area (Å²) in [6.07, 6.45) is 11.1. The lowest BCUT2D eigenvalue weighted by Gasteiger charge is -2.27. The number of phenolic OH excluding ortho intramolecular Hbond substituents is 1. The number of aromatic hydroxyl groups is 1. The van der Waals surface area contributed by atoms with Crippen molar-refractivity contribution >= 4 is 47.4 Å². The Bertz CT molecular complexity index is 2590. The molecule has 9 rings (SSSR count). The number of methoxy groups -OCH3 is 2. The number of carbonyl (C=O) groups excluding carboxylic acids is 4. The number of carbonyl (C=O) groups is 4. The van der Waals surface area contributed by atoms with Crippen LogP contribution in [-0.4, -0.2) is 121 Å². The maximum Gasteiger partial charge on any atom is 0.258 e. The van der Waals surface area contributed by atoms with E-state index >= 15 is 0 Å². The Kier molecular flexibility index (Phi) is 12.3. The van der Waals surface area contributed by atoms with Gasteiger partial charge in [0.1, 0.15) is 11.5 Å². The molecule has 3 aromatic carbocycles. The third-order valence-corrected chi connectivity index (χ3v) is 12.4. The number of rotatable bonds is 10.